The fourth-order valence-corrected chi connectivity index (χ4v) is 1.84. The minimum absolute atomic E-state index is 0.0354. The first-order valence-corrected chi connectivity index (χ1v) is 6.72. The molecule has 1 aromatic rings. The van der Waals surface area contributed by atoms with Crippen LogP contribution in [0.1, 0.15) is 23.7 Å². The van der Waals surface area contributed by atoms with E-state index in [4.69, 9.17) is 9.47 Å². The zero-order valence-electron chi connectivity index (χ0n) is 12.3. The van der Waals surface area contributed by atoms with Crippen molar-refractivity contribution in [1.29, 1.82) is 0 Å². The Morgan fingerprint density at radius 3 is 2.75 bits per heavy atom. The summed E-state index contributed by atoms with van der Waals surface area (Å²) in [5.41, 5.74) is 0.0354. The molecule has 0 atom stereocenters. The predicted octanol–water partition coefficient (Wildman–Crippen LogP) is 2.38. The molecule has 0 aromatic heterocycles. The number of methoxy groups -OCH3 is 1. The van der Waals surface area contributed by atoms with Gasteiger partial charge in [0.2, 0.25) is 0 Å². The lowest BCUT2D eigenvalue weighted by molar-refractivity contribution is 0.0939. The summed E-state index contributed by atoms with van der Waals surface area (Å²) in [4.78, 5) is 14.1. The standard InChI is InChI=1S/C15H22FNO3/c1-4-20-11-10-17(2)9-8-13(18)15-12(16)6-5-7-14(15)19-3/h5-7H,4,8-11H2,1-3H3. The van der Waals surface area contributed by atoms with E-state index in [0.717, 1.165) is 6.54 Å². The highest BCUT2D eigenvalue weighted by Gasteiger charge is 2.17. The first-order valence-electron chi connectivity index (χ1n) is 6.72. The molecule has 0 aliphatic rings. The number of carbonyl (C=O) groups excluding carboxylic acids is 1. The number of halogens is 1. The molecule has 0 fully saturated rings. The second-order valence-electron chi connectivity index (χ2n) is 4.49. The predicted molar refractivity (Wildman–Crippen MR) is 75.9 cm³/mol. The maximum Gasteiger partial charge on any atom is 0.170 e. The highest BCUT2D eigenvalue weighted by Crippen LogP contribution is 2.22. The number of hydrogen-bond acceptors (Lipinski definition) is 4. The number of ketones is 1. The molecule has 0 bridgehead atoms. The van der Waals surface area contributed by atoms with Crippen molar-refractivity contribution >= 4 is 5.78 Å². The summed E-state index contributed by atoms with van der Waals surface area (Å²) in [6.07, 6.45) is 0.250. The van der Waals surface area contributed by atoms with Gasteiger partial charge in [-0.25, -0.2) is 4.39 Å². The fourth-order valence-electron chi connectivity index (χ4n) is 1.84. The molecule has 112 valence electrons. The second kappa shape index (κ2) is 8.66. The Balaban J connectivity index is 2.55. The average molecular weight is 283 g/mol. The van der Waals surface area contributed by atoms with E-state index in [1.807, 2.05) is 18.9 Å². The van der Waals surface area contributed by atoms with E-state index in [2.05, 4.69) is 0 Å². The number of Topliss-reactive ketones (excluding diaryl/α,β-unsaturated/α-hetero) is 1. The van der Waals surface area contributed by atoms with Crippen LogP contribution in [0.15, 0.2) is 18.2 Å². The number of nitrogens with zero attached hydrogens (tertiary/aromatic N) is 1. The lowest BCUT2D eigenvalue weighted by Crippen LogP contribution is -2.26. The summed E-state index contributed by atoms with van der Waals surface area (Å²) in [5, 5.41) is 0. The first kappa shape index (κ1) is 16.6. The molecule has 0 unspecified atom stereocenters. The highest BCUT2D eigenvalue weighted by molar-refractivity contribution is 5.99. The summed E-state index contributed by atoms with van der Waals surface area (Å²) >= 11 is 0. The smallest absolute Gasteiger partial charge is 0.170 e. The van der Waals surface area contributed by atoms with Crippen molar-refractivity contribution in [1.82, 2.24) is 4.90 Å². The Morgan fingerprint density at radius 2 is 2.10 bits per heavy atom. The number of benzene rings is 1. The number of rotatable bonds is 9. The van der Waals surface area contributed by atoms with Gasteiger partial charge in [0.05, 0.1) is 19.3 Å². The zero-order chi connectivity index (χ0) is 15.0. The summed E-state index contributed by atoms with van der Waals surface area (Å²) in [6.45, 7) is 4.55. The molecule has 0 N–H and O–H groups in total. The van der Waals surface area contributed by atoms with E-state index in [9.17, 15) is 9.18 Å². The quantitative estimate of drug-likeness (QED) is 0.515. The van der Waals surface area contributed by atoms with Crippen molar-refractivity contribution in [3.63, 3.8) is 0 Å². The highest BCUT2D eigenvalue weighted by atomic mass is 19.1. The molecule has 0 aliphatic carbocycles. The van der Waals surface area contributed by atoms with E-state index >= 15 is 0 Å². The van der Waals surface area contributed by atoms with Crippen molar-refractivity contribution in [2.45, 2.75) is 13.3 Å². The molecule has 20 heavy (non-hydrogen) atoms. The minimum Gasteiger partial charge on any atom is -0.496 e. The molecule has 0 aliphatic heterocycles. The maximum absolute atomic E-state index is 13.7. The number of hydrogen-bond donors (Lipinski definition) is 0. The van der Waals surface area contributed by atoms with E-state index in [0.29, 0.717) is 19.8 Å². The van der Waals surface area contributed by atoms with Crippen molar-refractivity contribution in [3.05, 3.63) is 29.6 Å². The van der Waals surface area contributed by atoms with Gasteiger partial charge in [-0.15, -0.1) is 0 Å². The SMILES string of the molecule is CCOCCN(C)CCC(=O)c1c(F)cccc1OC. The molecule has 5 heteroatoms. The molecular formula is C15H22FNO3. The van der Waals surface area contributed by atoms with Crippen LogP contribution in [0.2, 0.25) is 0 Å². The van der Waals surface area contributed by atoms with Gasteiger partial charge in [-0.05, 0) is 26.1 Å². The van der Waals surface area contributed by atoms with Gasteiger partial charge in [0.25, 0.3) is 0 Å². The van der Waals surface area contributed by atoms with Crippen molar-refractivity contribution in [2.75, 3.05) is 40.5 Å². The third-order valence-corrected chi connectivity index (χ3v) is 3.02. The third-order valence-electron chi connectivity index (χ3n) is 3.02. The van der Waals surface area contributed by atoms with Crippen LogP contribution < -0.4 is 4.74 Å². The minimum atomic E-state index is -0.536. The Labute approximate surface area is 119 Å². The first-order chi connectivity index (χ1) is 9.60. The van der Waals surface area contributed by atoms with E-state index in [1.54, 1.807) is 6.07 Å². The van der Waals surface area contributed by atoms with E-state index in [1.165, 1.54) is 19.2 Å². The van der Waals surface area contributed by atoms with Crippen molar-refractivity contribution in [3.8, 4) is 5.75 Å². The van der Waals surface area contributed by atoms with Crippen LogP contribution in [-0.4, -0.2) is 51.1 Å². The second-order valence-corrected chi connectivity index (χ2v) is 4.49. The summed E-state index contributed by atoms with van der Waals surface area (Å²) in [7, 11) is 3.34. The van der Waals surface area contributed by atoms with Gasteiger partial charge in [0, 0.05) is 26.1 Å². The van der Waals surface area contributed by atoms with Gasteiger partial charge in [-0.3, -0.25) is 4.79 Å². The molecule has 4 nitrogen and oxygen atoms in total. The topological polar surface area (TPSA) is 38.8 Å². The molecular weight excluding hydrogens is 261 g/mol. The summed E-state index contributed by atoms with van der Waals surface area (Å²) < 4.78 is 24.0. The third kappa shape index (κ3) is 4.90. The molecule has 1 aromatic carbocycles. The van der Waals surface area contributed by atoms with E-state index in [-0.39, 0.29) is 23.5 Å². The number of ether oxygens (including phenoxy) is 2. The normalized spacial score (nSPS) is 10.8. The number of likely N-dealkylation sites (N-methyl/N-ethyl adjacent to an activating group) is 1. The van der Waals surface area contributed by atoms with E-state index < -0.39 is 5.82 Å². The lowest BCUT2D eigenvalue weighted by Gasteiger charge is -2.16. The molecule has 0 saturated heterocycles. The van der Waals surface area contributed by atoms with Crippen LogP contribution in [0.25, 0.3) is 0 Å². The van der Waals surface area contributed by atoms with Crippen LogP contribution in [0, 0.1) is 5.82 Å². The Bertz CT molecular complexity index is 437. The van der Waals surface area contributed by atoms with Crippen molar-refractivity contribution < 1.29 is 18.7 Å². The number of carbonyl (C=O) groups is 1. The lowest BCUT2D eigenvalue weighted by atomic mass is 10.1. The largest absolute Gasteiger partial charge is 0.496 e. The molecule has 1 rings (SSSR count). The Kier molecular flexibility index (Phi) is 7.18. The summed E-state index contributed by atoms with van der Waals surface area (Å²) in [6, 6.07) is 4.39. The monoisotopic (exact) mass is 283 g/mol. The van der Waals surface area contributed by atoms with Gasteiger partial charge in [-0.1, -0.05) is 6.07 Å². The summed E-state index contributed by atoms with van der Waals surface area (Å²) in [5.74, 6) is -0.499. The maximum atomic E-state index is 13.7. The molecule has 0 spiro atoms. The van der Waals surface area contributed by atoms with Gasteiger partial charge < -0.3 is 14.4 Å². The van der Waals surface area contributed by atoms with Gasteiger partial charge >= 0.3 is 0 Å². The van der Waals surface area contributed by atoms with Crippen LogP contribution in [0.4, 0.5) is 4.39 Å². The van der Waals surface area contributed by atoms with Gasteiger partial charge in [0.15, 0.2) is 5.78 Å². The van der Waals surface area contributed by atoms with Crippen LogP contribution in [0.3, 0.4) is 0 Å². The fraction of sp³-hybridized carbons (Fsp3) is 0.533. The Morgan fingerprint density at radius 1 is 1.35 bits per heavy atom. The molecule has 0 saturated carbocycles. The van der Waals surface area contributed by atoms with Crippen molar-refractivity contribution in [2.24, 2.45) is 0 Å². The average Bonchev–Trinajstić information content (AvgIpc) is 2.44. The van der Waals surface area contributed by atoms with Gasteiger partial charge in [0.1, 0.15) is 11.6 Å². The Hall–Kier alpha value is -1.46. The molecule has 0 heterocycles. The van der Waals surface area contributed by atoms with Gasteiger partial charge in [-0.2, -0.15) is 0 Å². The molecule has 0 radical (unpaired) electrons. The zero-order valence-corrected chi connectivity index (χ0v) is 12.3. The van der Waals surface area contributed by atoms with Crippen LogP contribution >= 0.6 is 0 Å². The molecule has 0 amide bonds. The van der Waals surface area contributed by atoms with Crippen LogP contribution in [-0.2, 0) is 4.74 Å². The van der Waals surface area contributed by atoms with Crippen LogP contribution in [0.5, 0.6) is 5.75 Å².